The number of hydrogen-bond donors (Lipinski definition) is 2. The molecule has 25 heavy (non-hydrogen) atoms. The third kappa shape index (κ3) is 7.66. The second-order valence-corrected chi connectivity index (χ2v) is 6.72. The molecule has 6 nitrogen and oxygen atoms in total. The Hall–Kier alpha value is -2.62. The van der Waals surface area contributed by atoms with Crippen molar-refractivity contribution in [2.75, 3.05) is 6.61 Å². The van der Waals surface area contributed by atoms with Crippen LogP contribution in [-0.4, -0.2) is 29.1 Å². The average Bonchev–Trinajstić information content (AvgIpc) is 2.48. The van der Waals surface area contributed by atoms with Crippen molar-refractivity contribution in [1.82, 2.24) is 5.32 Å². The van der Waals surface area contributed by atoms with E-state index in [-0.39, 0.29) is 24.7 Å². The van der Waals surface area contributed by atoms with Crippen LogP contribution in [-0.2, 0) is 16.0 Å². The second kappa shape index (κ2) is 9.02. The van der Waals surface area contributed by atoms with Gasteiger partial charge >= 0.3 is 5.97 Å². The SMILES string of the molecule is CC(C)(C)NC(=O)C(C#N)CCc1ccc(F)c(OCCC(=O)O)c1. The molecule has 0 fully saturated rings. The molecule has 0 heterocycles. The molecule has 0 aliphatic rings. The molecule has 1 unspecified atom stereocenters. The maximum atomic E-state index is 13.7. The molecular weight excluding hydrogens is 327 g/mol. The van der Waals surface area contributed by atoms with Crippen molar-refractivity contribution >= 4 is 11.9 Å². The number of nitriles is 1. The van der Waals surface area contributed by atoms with Gasteiger partial charge in [0.2, 0.25) is 5.91 Å². The van der Waals surface area contributed by atoms with E-state index in [9.17, 15) is 19.2 Å². The van der Waals surface area contributed by atoms with Gasteiger partial charge in [0.1, 0.15) is 5.92 Å². The molecule has 0 saturated carbocycles. The Morgan fingerprint density at radius 2 is 2.08 bits per heavy atom. The van der Waals surface area contributed by atoms with Gasteiger partial charge < -0.3 is 15.2 Å². The Bertz CT molecular complexity index is 662. The van der Waals surface area contributed by atoms with E-state index < -0.39 is 23.2 Å². The minimum absolute atomic E-state index is 0.0357. The summed E-state index contributed by atoms with van der Waals surface area (Å²) in [6.45, 7) is 5.37. The number of carbonyl (C=O) groups is 2. The number of rotatable bonds is 8. The van der Waals surface area contributed by atoms with Gasteiger partial charge in [-0.15, -0.1) is 0 Å². The maximum Gasteiger partial charge on any atom is 0.306 e. The highest BCUT2D eigenvalue weighted by Crippen LogP contribution is 2.21. The molecule has 0 aliphatic carbocycles. The number of nitrogens with one attached hydrogen (secondary N) is 1. The summed E-state index contributed by atoms with van der Waals surface area (Å²) in [5, 5.41) is 20.5. The van der Waals surface area contributed by atoms with Gasteiger partial charge in [0.05, 0.1) is 19.1 Å². The van der Waals surface area contributed by atoms with Crippen molar-refractivity contribution in [3.05, 3.63) is 29.6 Å². The van der Waals surface area contributed by atoms with E-state index in [2.05, 4.69) is 5.32 Å². The molecule has 0 saturated heterocycles. The molecule has 0 aromatic heterocycles. The molecule has 1 aromatic rings. The van der Waals surface area contributed by atoms with Crippen LogP contribution in [0, 0.1) is 23.1 Å². The number of aliphatic carboxylic acids is 1. The first-order valence-electron chi connectivity index (χ1n) is 7.97. The van der Waals surface area contributed by atoms with Crippen LogP contribution < -0.4 is 10.1 Å². The van der Waals surface area contributed by atoms with Crippen LogP contribution in [0.2, 0.25) is 0 Å². The summed E-state index contributed by atoms with van der Waals surface area (Å²) in [7, 11) is 0. The third-order valence-electron chi connectivity index (χ3n) is 3.26. The summed E-state index contributed by atoms with van der Waals surface area (Å²) in [5.74, 6) is -2.79. The smallest absolute Gasteiger partial charge is 0.306 e. The summed E-state index contributed by atoms with van der Waals surface area (Å²) < 4.78 is 18.8. The molecule has 1 amide bonds. The minimum Gasteiger partial charge on any atom is -0.490 e. The Balaban J connectivity index is 2.68. The largest absolute Gasteiger partial charge is 0.490 e. The van der Waals surface area contributed by atoms with E-state index in [0.29, 0.717) is 18.4 Å². The van der Waals surface area contributed by atoms with Gasteiger partial charge in [0, 0.05) is 5.54 Å². The normalized spacial score (nSPS) is 12.1. The molecule has 0 radical (unpaired) electrons. The number of carboxylic acid groups (broad SMARTS) is 1. The summed E-state index contributed by atoms with van der Waals surface area (Å²) in [4.78, 5) is 22.5. The zero-order chi connectivity index (χ0) is 19.0. The van der Waals surface area contributed by atoms with Gasteiger partial charge in [-0.25, -0.2) is 4.39 Å². The van der Waals surface area contributed by atoms with Crippen molar-refractivity contribution in [3.8, 4) is 11.8 Å². The molecule has 0 aliphatic heterocycles. The Kier molecular flexibility index (Phi) is 7.37. The fourth-order valence-corrected chi connectivity index (χ4v) is 2.08. The number of carboxylic acids is 1. The number of aryl methyl sites for hydroxylation is 1. The van der Waals surface area contributed by atoms with E-state index in [1.165, 1.54) is 12.1 Å². The van der Waals surface area contributed by atoms with Crippen LogP contribution in [0.1, 0.15) is 39.2 Å². The van der Waals surface area contributed by atoms with Gasteiger partial charge in [-0.2, -0.15) is 5.26 Å². The summed E-state index contributed by atoms with van der Waals surface area (Å²) in [6.07, 6.45) is 0.455. The van der Waals surface area contributed by atoms with Crippen LogP contribution in [0.15, 0.2) is 18.2 Å². The van der Waals surface area contributed by atoms with E-state index in [1.54, 1.807) is 6.07 Å². The standard InChI is InChI=1S/C18H23FN2O4/c1-18(2,3)21-17(24)13(11-20)6-4-12-5-7-14(19)15(10-12)25-9-8-16(22)23/h5,7,10,13H,4,6,8-9H2,1-3H3,(H,21,24)(H,22,23). The zero-order valence-electron chi connectivity index (χ0n) is 14.6. The summed E-state index contributed by atoms with van der Waals surface area (Å²) in [5.41, 5.74) is 0.281. The Morgan fingerprint density at radius 3 is 2.64 bits per heavy atom. The predicted molar refractivity (Wildman–Crippen MR) is 89.5 cm³/mol. The first-order chi connectivity index (χ1) is 11.6. The molecule has 1 atom stereocenters. The Morgan fingerprint density at radius 1 is 1.40 bits per heavy atom. The van der Waals surface area contributed by atoms with E-state index in [1.807, 2.05) is 26.8 Å². The number of nitrogens with zero attached hydrogens (tertiary/aromatic N) is 1. The number of hydrogen-bond acceptors (Lipinski definition) is 4. The lowest BCUT2D eigenvalue weighted by Gasteiger charge is -2.22. The molecule has 2 N–H and O–H groups in total. The molecular formula is C18H23FN2O4. The highest BCUT2D eigenvalue weighted by molar-refractivity contribution is 5.81. The number of ether oxygens (including phenoxy) is 1. The molecule has 0 bridgehead atoms. The quantitative estimate of drug-likeness (QED) is 0.751. The Labute approximate surface area is 146 Å². The van der Waals surface area contributed by atoms with E-state index in [4.69, 9.17) is 9.84 Å². The monoisotopic (exact) mass is 350 g/mol. The lowest BCUT2D eigenvalue weighted by molar-refractivity contribution is -0.137. The van der Waals surface area contributed by atoms with Gasteiger partial charge in [-0.05, 0) is 51.3 Å². The van der Waals surface area contributed by atoms with Crippen LogP contribution in [0.25, 0.3) is 0 Å². The van der Waals surface area contributed by atoms with Crippen LogP contribution in [0.4, 0.5) is 4.39 Å². The van der Waals surface area contributed by atoms with Crippen molar-refractivity contribution in [1.29, 1.82) is 5.26 Å². The van der Waals surface area contributed by atoms with Gasteiger partial charge in [0.25, 0.3) is 0 Å². The van der Waals surface area contributed by atoms with E-state index in [0.717, 1.165) is 0 Å². The lowest BCUT2D eigenvalue weighted by atomic mass is 9.98. The van der Waals surface area contributed by atoms with Crippen molar-refractivity contribution in [2.24, 2.45) is 5.92 Å². The third-order valence-corrected chi connectivity index (χ3v) is 3.26. The van der Waals surface area contributed by atoms with Crippen LogP contribution in [0.5, 0.6) is 5.75 Å². The van der Waals surface area contributed by atoms with Crippen molar-refractivity contribution in [3.63, 3.8) is 0 Å². The number of benzene rings is 1. The number of halogens is 1. The lowest BCUT2D eigenvalue weighted by Crippen LogP contribution is -2.43. The topological polar surface area (TPSA) is 99.4 Å². The van der Waals surface area contributed by atoms with Gasteiger partial charge in [-0.1, -0.05) is 6.07 Å². The second-order valence-electron chi connectivity index (χ2n) is 6.72. The first-order valence-corrected chi connectivity index (χ1v) is 7.97. The van der Waals surface area contributed by atoms with Crippen LogP contribution >= 0.6 is 0 Å². The van der Waals surface area contributed by atoms with Crippen molar-refractivity contribution < 1.29 is 23.8 Å². The predicted octanol–water partition coefficient (Wildman–Crippen LogP) is 2.67. The van der Waals surface area contributed by atoms with Gasteiger partial charge in [-0.3, -0.25) is 9.59 Å². The molecule has 1 aromatic carbocycles. The highest BCUT2D eigenvalue weighted by atomic mass is 19.1. The summed E-state index contributed by atoms with van der Waals surface area (Å²) >= 11 is 0. The first kappa shape index (κ1) is 20.4. The zero-order valence-corrected chi connectivity index (χ0v) is 14.6. The molecule has 1 rings (SSSR count). The fourth-order valence-electron chi connectivity index (χ4n) is 2.08. The van der Waals surface area contributed by atoms with Gasteiger partial charge in [0.15, 0.2) is 11.6 Å². The molecule has 7 heteroatoms. The van der Waals surface area contributed by atoms with Crippen LogP contribution in [0.3, 0.4) is 0 Å². The summed E-state index contributed by atoms with van der Waals surface area (Å²) in [6, 6.07) is 6.23. The maximum absolute atomic E-state index is 13.7. The van der Waals surface area contributed by atoms with E-state index >= 15 is 0 Å². The fraction of sp³-hybridized carbons (Fsp3) is 0.500. The average molecular weight is 350 g/mol. The molecule has 136 valence electrons. The highest BCUT2D eigenvalue weighted by Gasteiger charge is 2.22. The number of carbonyl (C=O) groups excluding carboxylic acids is 1. The van der Waals surface area contributed by atoms with Crippen molar-refractivity contribution in [2.45, 2.75) is 45.6 Å². The number of amides is 1. The minimum atomic E-state index is -1.03. The molecule has 0 spiro atoms.